The van der Waals surface area contributed by atoms with E-state index < -0.39 is 0 Å². The summed E-state index contributed by atoms with van der Waals surface area (Å²) < 4.78 is 1.90. The molecular formula is C25H33N3O2. The molecule has 1 fully saturated rings. The third-order valence-corrected chi connectivity index (χ3v) is 7.32. The second kappa shape index (κ2) is 8.29. The van der Waals surface area contributed by atoms with Crippen molar-refractivity contribution in [2.24, 2.45) is 7.05 Å². The number of piperidine rings is 1. The van der Waals surface area contributed by atoms with E-state index in [0.717, 1.165) is 51.1 Å². The van der Waals surface area contributed by atoms with Crippen LogP contribution in [-0.2, 0) is 17.3 Å². The third kappa shape index (κ3) is 3.55. The molecule has 1 aliphatic carbocycles. The van der Waals surface area contributed by atoms with Crippen LogP contribution in [0.4, 0.5) is 0 Å². The first-order valence-electron chi connectivity index (χ1n) is 11.3. The molecule has 2 amide bonds. The van der Waals surface area contributed by atoms with Crippen LogP contribution in [0, 0.1) is 0 Å². The SMILES string of the molecule is CCN(CC)C(=O)C[C@H]1CC2(CCN(C(=O)c3cccn3C)CC2)c2ccccc21. The van der Waals surface area contributed by atoms with Gasteiger partial charge >= 0.3 is 0 Å². The minimum atomic E-state index is 0.0930. The second-order valence-electron chi connectivity index (χ2n) is 8.84. The van der Waals surface area contributed by atoms with Gasteiger partial charge in [-0.15, -0.1) is 0 Å². The fourth-order valence-corrected chi connectivity index (χ4v) is 5.58. The smallest absolute Gasteiger partial charge is 0.270 e. The van der Waals surface area contributed by atoms with Crippen molar-refractivity contribution in [1.29, 1.82) is 0 Å². The Morgan fingerprint density at radius 2 is 1.77 bits per heavy atom. The van der Waals surface area contributed by atoms with E-state index in [0.29, 0.717) is 6.42 Å². The van der Waals surface area contributed by atoms with Gasteiger partial charge in [-0.1, -0.05) is 24.3 Å². The Balaban J connectivity index is 1.51. The number of hydrogen-bond acceptors (Lipinski definition) is 2. The molecule has 1 aromatic carbocycles. The Labute approximate surface area is 179 Å². The number of aromatic nitrogens is 1. The van der Waals surface area contributed by atoms with Crippen LogP contribution in [0.25, 0.3) is 0 Å². The summed E-state index contributed by atoms with van der Waals surface area (Å²) in [5.41, 5.74) is 3.60. The summed E-state index contributed by atoms with van der Waals surface area (Å²) >= 11 is 0. The van der Waals surface area contributed by atoms with Crippen LogP contribution in [0.1, 0.15) is 67.1 Å². The number of nitrogens with zero attached hydrogens (tertiary/aromatic N) is 3. The quantitative estimate of drug-likeness (QED) is 0.754. The predicted octanol–water partition coefficient (Wildman–Crippen LogP) is 3.94. The van der Waals surface area contributed by atoms with E-state index in [1.807, 2.05) is 53.6 Å². The van der Waals surface area contributed by atoms with Gasteiger partial charge in [-0.3, -0.25) is 9.59 Å². The maximum Gasteiger partial charge on any atom is 0.270 e. The number of likely N-dealkylation sites (tertiary alicyclic amines) is 1. The van der Waals surface area contributed by atoms with E-state index in [9.17, 15) is 9.59 Å². The molecule has 2 aliphatic rings. The zero-order valence-corrected chi connectivity index (χ0v) is 18.4. The maximum absolute atomic E-state index is 12.9. The fourth-order valence-electron chi connectivity index (χ4n) is 5.58. The summed E-state index contributed by atoms with van der Waals surface area (Å²) in [6, 6.07) is 12.5. The molecule has 30 heavy (non-hydrogen) atoms. The Morgan fingerprint density at radius 3 is 2.40 bits per heavy atom. The molecule has 1 saturated heterocycles. The molecule has 0 saturated carbocycles. The number of aryl methyl sites for hydroxylation is 1. The molecule has 4 rings (SSSR count). The van der Waals surface area contributed by atoms with Gasteiger partial charge in [0, 0.05) is 45.8 Å². The van der Waals surface area contributed by atoms with Gasteiger partial charge in [0.05, 0.1) is 0 Å². The Kier molecular flexibility index (Phi) is 5.72. The van der Waals surface area contributed by atoms with Gasteiger partial charge in [0.15, 0.2) is 0 Å². The van der Waals surface area contributed by atoms with Gasteiger partial charge in [0.2, 0.25) is 5.91 Å². The van der Waals surface area contributed by atoms with Crippen LogP contribution in [0.3, 0.4) is 0 Å². The van der Waals surface area contributed by atoms with Crippen molar-refractivity contribution in [2.45, 2.75) is 50.9 Å². The van der Waals surface area contributed by atoms with Crippen LogP contribution < -0.4 is 0 Å². The second-order valence-corrected chi connectivity index (χ2v) is 8.84. The average Bonchev–Trinajstić information content (AvgIpc) is 3.31. The largest absolute Gasteiger partial charge is 0.347 e. The summed E-state index contributed by atoms with van der Waals surface area (Å²) in [5.74, 6) is 0.662. The molecule has 0 radical (unpaired) electrons. The lowest BCUT2D eigenvalue weighted by molar-refractivity contribution is -0.131. The Bertz CT molecular complexity index is 920. The third-order valence-electron chi connectivity index (χ3n) is 7.32. The molecule has 5 heteroatoms. The average molecular weight is 408 g/mol. The molecule has 0 unspecified atom stereocenters. The minimum absolute atomic E-state index is 0.0930. The zero-order chi connectivity index (χ0) is 21.3. The molecular weight excluding hydrogens is 374 g/mol. The molecule has 2 aromatic rings. The predicted molar refractivity (Wildman–Crippen MR) is 119 cm³/mol. The lowest BCUT2D eigenvalue weighted by Gasteiger charge is -2.40. The highest BCUT2D eigenvalue weighted by Crippen LogP contribution is 2.52. The van der Waals surface area contributed by atoms with Gasteiger partial charge < -0.3 is 14.4 Å². The lowest BCUT2D eigenvalue weighted by atomic mass is 9.73. The number of benzene rings is 1. The zero-order valence-electron chi connectivity index (χ0n) is 18.4. The van der Waals surface area contributed by atoms with Crippen molar-refractivity contribution >= 4 is 11.8 Å². The fraction of sp³-hybridized carbons (Fsp3) is 0.520. The maximum atomic E-state index is 12.9. The minimum Gasteiger partial charge on any atom is -0.347 e. The van der Waals surface area contributed by atoms with Crippen molar-refractivity contribution in [2.75, 3.05) is 26.2 Å². The summed E-state index contributed by atoms with van der Waals surface area (Å²) in [7, 11) is 1.92. The summed E-state index contributed by atoms with van der Waals surface area (Å²) in [5, 5.41) is 0. The van der Waals surface area contributed by atoms with Crippen LogP contribution >= 0.6 is 0 Å². The molecule has 1 aliphatic heterocycles. The number of carbonyl (C=O) groups excluding carboxylic acids is 2. The van der Waals surface area contributed by atoms with E-state index >= 15 is 0 Å². The van der Waals surface area contributed by atoms with Crippen molar-refractivity contribution < 1.29 is 9.59 Å². The molecule has 0 N–H and O–H groups in total. The summed E-state index contributed by atoms with van der Waals surface area (Å²) in [6.45, 7) is 7.18. The Hall–Kier alpha value is -2.56. The molecule has 2 heterocycles. The summed E-state index contributed by atoms with van der Waals surface area (Å²) in [4.78, 5) is 29.7. The van der Waals surface area contributed by atoms with Gasteiger partial charge in [-0.05, 0) is 67.7 Å². The van der Waals surface area contributed by atoms with E-state index in [1.54, 1.807) is 0 Å². The van der Waals surface area contributed by atoms with E-state index in [1.165, 1.54) is 11.1 Å². The summed E-state index contributed by atoms with van der Waals surface area (Å²) in [6.07, 6.45) is 5.47. The standard InChI is InChI=1S/C25H33N3O2/c1-4-27(5-2)23(29)17-19-18-25(21-10-7-6-9-20(19)21)12-15-28(16-13-25)24(30)22-11-8-14-26(22)3/h6-11,14,19H,4-5,12-13,15-18H2,1-3H3/t19-/m0/s1. The molecule has 160 valence electrons. The number of fused-ring (bicyclic) bond motifs is 2. The first-order chi connectivity index (χ1) is 14.5. The number of amides is 2. The molecule has 0 bridgehead atoms. The van der Waals surface area contributed by atoms with E-state index in [4.69, 9.17) is 0 Å². The van der Waals surface area contributed by atoms with Crippen LogP contribution in [0.2, 0.25) is 0 Å². The highest BCUT2D eigenvalue weighted by molar-refractivity contribution is 5.92. The van der Waals surface area contributed by atoms with Crippen LogP contribution in [-0.4, -0.2) is 52.4 Å². The van der Waals surface area contributed by atoms with Gasteiger partial charge in [-0.25, -0.2) is 0 Å². The molecule has 1 atom stereocenters. The monoisotopic (exact) mass is 407 g/mol. The Morgan fingerprint density at radius 1 is 1.07 bits per heavy atom. The number of hydrogen-bond donors (Lipinski definition) is 0. The molecule has 1 aromatic heterocycles. The van der Waals surface area contributed by atoms with Gasteiger partial charge in [-0.2, -0.15) is 0 Å². The molecule has 5 nitrogen and oxygen atoms in total. The number of rotatable bonds is 5. The lowest BCUT2D eigenvalue weighted by Crippen LogP contribution is -2.44. The van der Waals surface area contributed by atoms with Gasteiger partial charge in [0.25, 0.3) is 5.91 Å². The first kappa shape index (κ1) is 20.7. The normalized spacial score (nSPS) is 19.7. The van der Waals surface area contributed by atoms with Crippen molar-refractivity contribution in [3.63, 3.8) is 0 Å². The molecule has 1 spiro atoms. The van der Waals surface area contributed by atoms with Crippen LogP contribution in [0.15, 0.2) is 42.6 Å². The first-order valence-corrected chi connectivity index (χ1v) is 11.3. The van der Waals surface area contributed by atoms with Crippen LogP contribution in [0.5, 0.6) is 0 Å². The van der Waals surface area contributed by atoms with Gasteiger partial charge in [0.1, 0.15) is 5.69 Å². The topological polar surface area (TPSA) is 45.6 Å². The highest BCUT2D eigenvalue weighted by Gasteiger charge is 2.46. The highest BCUT2D eigenvalue weighted by atomic mass is 16.2. The van der Waals surface area contributed by atoms with Crippen molar-refractivity contribution in [1.82, 2.24) is 14.4 Å². The van der Waals surface area contributed by atoms with E-state index in [-0.39, 0.29) is 23.1 Å². The van der Waals surface area contributed by atoms with E-state index in [2.05, 4.69) is 24.3 Å². The van der Waals surface area contributed by atoms with Crippen molar-refractivity contribution in [3.05, 3.63) is 59.4 Å². The number of carbonyl (C=O) groups is 2. The van der Waals surface area contributed by atoms with Crippen molar-refractivity contribution in [3.8, 4) is 0 Å².